The first-order valence-electron chi connectivity index (χ1n) is 31.3. The van der Waals surface area contributed by atoms with E-state index in [0.717, 1.165) is 139 Å². The molecule has 2 nitrogen and oxygen atoms in total. The Balaban J connectivity index is 0.852. The Kier molecular flexibility index (Phi) is 12.4. The van der Waals surface area contributed by atoms with Crippen molar-refractivity contribution in [2.75, 3.05) is 9.80 Å². The topological polar surface area (TPSA) is 6.48 Å². The van der Waals surface area contributed by atoms with E-state index in [9.17, 15) is 8.78 Å². The van der Waals surface area contributed by atoms with E-state index in [1.165, 1.54) is 52.9 Å². The van der Waals surface area contributed by atoms with Gasteiger partial charge in [-0.15, -0.1) is 0 Å². The van der Waals surface area contributed by atoms with Crippen LogP contribution in [0.3, 0.4) is 0 Å². The number of benzene rings is 14. The highest BCUT2D eigenvalue weighted by Crippen LogP contribution is 2.60. The average molecular weight is 1200 g/mol. The fourth-order valence-electron chi connectivity index (χ4n) is 15.6. The molecule has 14 aromatic carbocycles. The second-order valence-electron chi connectivity index (χ2n) is 25.6. The van der Waals surface area contributed by atoms with Gasteiger partial charge in [-0.05, 0) is 207 Å². The van der Waals surface area contributed by atoms with Gasteiger partial charge >= 0.3 is 0 Å². The predicted molar refractivity (Wildman–Crippen MR) is 372 cm³/mol. The molecule has 0 saturated heterocycles. The summed E-state index contributed by atoms with van der Waals surface area (Å²) < 4.78 is 63.1. The number of halogens is 4. The number of nitrogens with zero attached hydrogens (tertiary/aromatic N) is 2. The standard InChI is InChI=1S/C86H58F4N2/c1-85(2)68-23-9-7-19-64(68)81-70(85)25-13-27-74(81)91(76-49-56(37-47-72(76)89)51-29-39-58(87)40-30-51)60-43-33-54(34-44-60)79-62-17-5-6-18-63(62)80(84-67-22-12-16-53-15-11-21-66(78(53)67)83(79)84)55-35-45-61(46-36-55)92(77-50-57(38-48-73(77)90)52-31-41-59(88)42-32-52)75-28-14-26-71-82(75)65-20-8-10-24-69(65)86(71,3)4/h5-50H,1-4H3. The third-order valence-electron chi connectivity index (χ3n) is 19.9. The van der Waals surface area contributed by atoms with E-state index in [2.05, 4.69) is 232 Å². The van der Waals surface area contributed by atoms with E-state index >= 15 is 8.78 Å². The minimum atomic E-state index is -0.393. The lowest BCUT2D eigenvalue weighted by atomic mass is 9.82. The molecule has 0 aromatic heterocycles. The molecule has 0 fully saturated rings. The van der Waals surface area contributed by atoms with Gasteiger partial charge < -0.3 is 9.80 Å². The first-order chi connectivity index (χ1) is 44.8. The van der Waals surface area contributed by atoms with Gasteiger partial charge in [-0.3, -0.25) is 0 Å². The highest BCUT2D eigenvalue weighted by Gasteiger charge is 2.40. The van der Waals surface area contributed by atoms with Crippen molar-refractivity contribution in [3.63, 3.8) is 0 Å². The van der Waals surface area contributed by atoms with Gasteiger partial charge in [0.15, 0.2) is 0 Å². The maximum Gasteiger partial charge on any atom is 0.147 e. The molecule has 0 atom stereocenters. The van der Waals surface area contributed by atoms with Gasteiger partial charge in [0, 0.05) is 33.3 Å². The molecule has 3 aliphatic rings. The number of rotatable bonds is 10. The molecule has 3 aliphatic carbocycles. The Morgan fingerprint density at radius 1 is 0.261 bits per heavy atom. The lowest BCUT2D eigenvalue weighted by Gasteiger charge is -2.30. The van der Waals surface area contributed by atoms with Crippen molar-refractivity contribution in [1.29, 1.82) is 0 Å². The maximum atomic E-state index is 17.2. The molecule has 0 unspecified atom stereocenters. The van der Waals surface area contributed by atoms with Crippen molar-refractivity contribution in [2.24, 2.45) is 0 Å². The molecule has 0 radical (unpaired) electrons. The molecular weight excluding hydrogens is 1140 g/mol. The SMILES string of the molecule is CC1(C)c2ccccc2-c2c(N(c3ccc(-c4c5c(c(-c6ccc(N(c7cc(-c8ccc(F)cc8)ccc7F)c7cccc8c7-c7ccccc7C8(C)C)cc6)c6ccccc46)-c4cccc6cccc-5c46)cc3)c3cc(-c4ccc(F)cc4)ccc3F)cccc21. The van der Waals surface area contributed by atoms with Crippen LogP contribution in [0.25, 0.3) is 111 Å². The maximum absolute atomic E-state index is 17.2. The molecule has 6 heteroatoms. The van der Waals surface area contributed by atoms with Crippen LogP contribution < -0.4 is 9.80 Å². The smallest absolute Gasteiger partial charge is 0.147 e. The summed E-state index contributed by atoms with van der Waals surface area (Å²) in [5, 5.41) is 4.47. The molecule has 17 rings (SSSR count). The minimum absolute atomic E-state index is 0.311. The molecule has 440 valence electrons. The van der Waals surface area contributed by atoms with Crippen LogP contribution in [0.4, 0.5) is 51.7 Å². The highest BCUT2D eigenvalue weighted by molar-refractivity contribution is 6.27. The second-order valence-corrected chi connectivity index (χ2v) is 25.6. The number of hydrogen-bond acceptors (Lipinski definition) is 2. The summed E-state index contributed by atoms with van der Waals surface area (Å²) >= 11 is 0. The summed E-state index contributed by atoms with van der Waals surface area (Å²) in [6.45, 7) is 9.01. The van der Waals surface area contributed by atoms with Crippen LogP contribution in [0.2, 0.25) is 0 Å². The van der Waals surface area contributed by atoms with Crippen LogP contribution in [0.1, 0.15) is 49.9 Å². The Bertz CT molecular complexity index is 5040. The van der Waals surface area contributed by atoms with Crippen LogP contribution in [0.15, 0.2) is 279 Å². The Morgan fingerprint density at radius 3 is 1.03 bits per heavy atom. The summed E-state index contributed by atoms with van der Waals surface area (Å²) in [6.07, 6.45) is 0. The number of fused-ring (bicyclic) bond motifs is 10. The van der Waals surface area contributed by atoms with Gasteiger partial charge in [0.05, 0.1) is 22.7 Å². The molecule has 92 heavy (non-hydrogen) atoms. The summed E-state index contributed by atoms with van der Waals surface area (Å²) in [5.74, 6) is -1.46. The van der Waals surface area contributed by atoms with Gasteiger partial charge in [-0.25, -0.2) is 17.6 Å². The fraction of sp³-hybridized carbons (Fsp3) is 0.0698. The third kappa shape index (κ3) is 8.32. The summed E-state index contributed by atoms with van der Waals surface area (Å²) in [6, 6.07) is 91.8. The molecule has 0 aliphatic heterocycles. The Morgan fingerprint density at radius 2 is 0.609 bits per heavy atom. The molecule has 0 saturated carbocycles. The van der Waals surface area contributed by atoms with Gasteiger partial charge in [-0.1, -0.05) is 222 Å². The first-order valence-corrected chi connectivity index (χ1v) is 31.3. The van der Waals surface area contributed by atoms with Crippen molar-refractivity contribution < 1.29 is 17.6 Å². The van der Waals surface area contributed by atoms with E-state index in [1.807, 2.05) is 12.1 Å². The molecule has 0 spiro atoms. The average Bonchev–Trinajstić information content (AvgIpc) is 1.54. The quantitative estimate of drug-likeness (QED) is 0.126. The molecule has 0 N–H and O–H groups in total. The Hall–Kier alpha value is -11.1. The molecule has 0 bridgehead atoms. The van der Waals surface area contributed by atoms with Crippen molar-refractivity contribution in [3.8, 4) is 89.0 Å². The van der Waals surface area contributed by atoms with Crippen LogP contribution in [-0.2, 0) is 10.8 Å². The van der Waals surface area contributed by atoms with E-state index in [4.69, 9.17) is 0 Å². The molecule has 0 amide bonds. The lowest BCUT2D eigenvalue weighted by molar-refractivity contribution is 0.627. The number of hydrogen-bond donors (Lipinski definition) is 0. The van der Waals surface area contributed by atoms with Crippen molar-refractivity contribution in [3.05, 3.63) is 325 Å². The molecule has 0 heterocycles. The van der Waals surface area contributed by atoms with Gasteiger partial charge in [0.1, 0.15) is 23.3 Å². The van der Waals surface area contributed by atoms with E-state index < -0.39 is 11.6 Å². The third-order valence-corrected chi connectivity index (χ3v) is 19.9. The lowest BCUT2D eigenvalue weighted by Crippen LogP contribution is -2.16. The van der Waals surface area contributed by atoms with Crippen LogP contribution >= 0.6 is 0 Å². The van der Waals surface area contributed by atoms with E-state index in [-0.39, 0.29) is 22.5 Å². The Labute approximate surface area is 532 Å². The van der Waals surface area contributed by atoms with Crippen molar-refractivity contribution >= 4 is 55.7 Å². The van der Waals surface area contributed by atoms with Crippen molar-refractivity contribution in [1.82, 2.24) is 0 Å². The van der Waals surface area contributed by atoms with Crippen LogP contribution in [0.5, 0.6) is 0 Å². The summed E-state index contributed by atoms with van der Waals surface area (Å²) in [7, 11) is 0. The fourth-order valence-corrected chi connectivity index (χ4v) is 15.6. The predicted octanol–water partition coefficient (Wildman–Crippen LogP) is 24.4. The number of anilines is 6. The van der Waals surface area contributed by atoms with Gasteiger partial charge in [-0.2, -0.15) is 0 Å². The van der Waals surface area contributed by atoms with E-state index in [1.54, 1.807) is 36.4 Å². The summed E-state index contributed by atoms with van der Waals surface area (Å²) in [5.41, 5.74) is 24.2. The van der Waals surface area contributed by atoms with E-state index in [0.29, 0.717) is 11.4 Å². The highest BCUT2D eigenvalue weighted by atomic mass is 19.1. The molecule has 14 aromatic rings. The largest absolute Gasteiger partial charge is 0.307 e. The first kappa shape index (κ1) is 55.0. The zero-order valence-electron chi connectivity index (χ0n) is 51.0. The van der Waals surface area contributed by atoms with Crippen LogP contribution in [0, 0.1) is 23.3 Å². The van der Waals surface area contributed by atoms with Gasteiger partial charge in [0.2, 0.25) is 0 Å². The molecular formula is C86H58F4N2. The normalized spacial score (nSPS) is 13.4. The summed E-state index contributed by atoms with van der Waals surface area (Å²) in [4.78, 5) is 4.11. The zero-order chi connectivity index (χ0) is 62.3. The van der Waals surface area contributed by atoms with Gasteiger partial charge in [0.25, 0.3) is 0 Å². The van der Waals surface area contributed by atoms with Crippen molar-refractivity contribution in [2.45, 2.75) is 38.5 Å². The monoisotopic (exact) mass is 1190 g/mol. The van der Waals surface area contributed by atoms with Crippen LogP contribution in [-0.4, -0.2) is 0 Å². The second kappa shape index (κ2) is 20.7. The minimum Gasteiger partial charge on any atom is -0.307 e. The zero-order valence-corrected chi connectivity index (χ0v) is 51.0.